The van der Waals surface area contributed by atoms with E-state index in [1.165, 1.54) is 12.1 Å². The van der Waals surface area contributed by atoms with Gasteiger partial charge in [-0.25, -0.2) is 4.39 Å². The molecule has 0 aliphatic carbocycles. The molecule has 0 atom stereocenters. The van der Waals surface area contributed by atoms with Crippen LogP contribution in [0, 0.1) is 5.82 Å². The first-order chi connectivity index (χ1) is 14.3. The molecule has 0 saturated heterocycles. The largest absolute Gasteiger partial charge is 0.489 e. The van der Waals surface area contributed by atoms with Gasteiger partial charge in [-0.1, -0.05) is 36.4 Å². The van der Waals surface area contributed by atoms with Crippen LogP contribution in [-0.2, 0) is 17.6 Å². The van der Waals surface area contributed by atoms with Gasteiger partial charge in [-0.05, 0) is 42.0 Å². The van der Waals surface area contributed by atoms with Crippen molar-refractivity contribution in [3.63, 3.8) is 0 Å². The molecule has 0 saturated carbocycles. The van der Waals surface area contributed by atoms with Crippen LogP contribution >= 0.6 is 0 Å². The lowest BCUT2D eigenvalue weighted by molar-refractivity contribution is -0.137. The quantitative estimate of drug-likeness (QED) is 0.426. The molecule has 0 unspecified atom stereocenters. The van der Waals surface area contributed by atoms with Gasteiger partial charge >= 0.3 is 6.18 Å². The third-order valence-electron chi connectivity index (χ3n) is 4.67. The number of rotatable bonds is 4. The Morgan fingerprint density at radius 2 is 1.70 bits per heavy atom. The van der Waals surface area contributed by atoms with Gasteiger partial charge < -0.3 is 10.1 Å². The maximum Gasteiger partial charge on any atom is 0.416 e. The number of nitrogens with one attached hydrogen (secondary N) is 1. The molecule has 3 aromatic rings. The minimum absolute atomic E-state index is 0.0738. The Kier molecular flexibility index (Phi) is 5.03. The van der Waals surface area contributed by atoms with Gasteiger partial charge in [0, 0.05) is 22.4 Å². The minimum atomic E-state index is -4.48. The van der Waals surface area contributed by atoms with Crippen molar-refractivity contribution < 1.29 is 27.1 Å². The Morgan fingerprint density at radius 3 is 2.40 bits per heavy atom. The van der Waals surface area contributed by atoms with Gasteiger partial charge in [0.1, 0.15) is 18.2 Å². The summed E-state index contributed by atoms with van der Waals surface area (Å²) in [4.78, 5) is 12.2. The Morgan fingerprint density at radius 1 is 0.967 bits per heavy atom. The summed E-state index contributed by atoms with van der Waals surface area (Å²) in [6.45, 7) is 0.0738. The topological polar surface area (TPSA) is 38.3 Å². The molecule has 4 rings (SSSR count). The molecule has 1 heterocycles. The van der Waals surface area contributed by atoms with Gasteiger partial charge in [0.2, 0.25) is 0 Å². The van der Waals surface area contributed by atoms with Crippen LogP contribution in [0.5, 0.6) is 5.75 Å². The summed E-state index contributed by atoms with van der Waals surface area (Å²) in [6.07, 6.45) is -2.89. The first-order valence-corrected chi connectivity index (χ1v) is 9.02. The highest BCUT2D eigenvalue weighted by molar-refractivity contribution is 6.34. The van der Waals surface area contributed by atoms with E-state index in [1.54, 1.807) is 48.5 Å². The van der Waals surface area contributed by atoms with E-state index < -0.39 is 17.6 Å². The predicted molar refractivity (Wildman–Crippen MR) is 105 cm³/mol. The molecule has 1 amide bonds. The van der Waals surface area contributed by atoms with Crippen molar-refractivity contribution in [1.82, 2.24) is 0 Å². The molecule has 0 aromatic heterocycles. The molecule has 0 radical (unpaired) electrons. The fourth-order valence-electron chi connectivity index (χ4n) is 3.12. The van der Waals surface area contributed by atoms with Crippen LogP contribution in [0.15, 0.2) is 66.7 Å². The van der Waals surface area contributed by atoms with Crippen LogP contribution in [0.3, 0.4) is 0 Å². The summed E-state index contributed by atoms with van der Waals surface area (Å²) in [6, 6.07) is 16.2. The molecule has 0 fully saturated rings. The molecular formula is C23H15F4NO2. The second-order valence-corrected chi connectivity index (χ2v) is 6.72. The van der Waals surface area contributed by atoms with Gasteiger partial charge in [0.15, 0.2) is 0 Å². The number of carbonyl (C=O) groups excluding carboxylic acids is 1. The molecule has 7 heteroatoms. The number of anilines is 1. The molecule has 1 aliphatic rings. The van der Waals surface area contributed by atoms with Crippen LogP contribution in [0.4, 0.5) is 23.2 Å². The Labute approximate surface area is 169 Å². The van der Waals surface area contributed by atoms with Crippen molar-refractivity contribution in [3.8, 4) is 5.75 Å². The fraction of sp³-hybridized carbons (Fsp3) is 0.0870. The lowest BCUT2D eigenvalue weighted by Gasteiger charge is -2.08. The average Bonchev–Trinajstić information content (AvgIpc) is 3.02. The van der Waals surface area contributed by atoms with Gasteiger partial charge in [-0.15, -0.1) is 0 Å². The summed E-state index contributed by atoms with van der Waals surface area (Å²) in [5, 5.41) is 2.47. The number of carbonyl (C=O) groups is 1. The van der Waals surface area contributed by atoms with E-state index >= 15 is 0 Å². The number of ether oxygens (including phenoxy) is 1. The summed E-state index contributed by atoms with van der Waals surface area (Å²) in [7, 11) is 0. The van der Waals surface area contributed by atoms with E-state index in [-0.39, 0.29) is 23.7 Å². The smallest absolute Gasteiger partial charge is 0.416 e. The zero-order valence-electron chi connectivity index (χ0n) is 15.5. The number of hydrogen-bond donors (Lipinski definition) is 1. The number of amides is 1. The van der Waals surface area contributed by atoms with Crippen molar-refractivity contribution >= 4 is 23.2 Å². The first-order valence-electron chi connectivity index (χ1n) is 9.02. The number of halogens is 4. The van der Waals surface area contributed by atoms with E-state index in [9.17, 15) is 22.4 Å². The van der Waals surface area contributed by atoms with Crippen LogP contribution in [-0.4, -0.2) is 5.91 Å². The minimum Gasteiger partial charge on any atom is -0.489 e. The Bertz CT molecular complexity index is 1130. The number of alkyl halides is 3. The van der Waals surface area contributed by atoms with Crippen LogP contribution < -0.4 is 10.1 Å². The fourth-order valence-corrected chi connectivity index (χ4v) is 3.12. The lowest BCUT2D eigenvalue weighted by atomic mass is 10.0. The summed E-state index contributed by atoms with van der Waals surface area (Å²) < 4.78 is 57.8. The SMILES string of the molecule is O=C1Nc2cc(C(F)(F)F)ccc2/C1=C\c1ccc(OCc2ccccc2F)cc1. The molecular weight excluding hydrogens is 398 g/mol. The number of fused-ring (bicyclic) bond motifs is 1. The highest BCUT2D eigenvalue weighted by atomic mass is 19.4. The van der Waals surface area contributed by atoms with Crippen LogP contribution in [0.2, 0.25) is 0 Å². The predicted octanol–water partition coefficient (Wildman–Crippen LogP) is 5.92. The van der Waals surface area contributed by atoms with Crippen LogP contribution in [0.1, 0.15) is 22.3 Å². The van der Waals surface area contributed by atoms with E-state index in [4.69, 9.17) is 4.74 Å². The van der Waals surface area contributed by atoms with E-state index in [0.29, 0.717) is 22.4 Å². The summed E-state index contributed by atoms with van der Waals surface area (Å²) >= 11 is 0. The van der Waals surface area contributed by atoms with Crippen molar-refractivity contribution in [2.45, 2.75) is 12.8 Å². The van der Waals surface area contributed by atoms with E-state index in [0.717, 1.165) is 12.1 Å². The zero-order valence-corrected chi connectivity index (χ0v) is 15.5. The van der Waals surface area contributed by atoms with Crippen molar-refractivity contribution in [1.29, 1.82) is 0 Å². The van der Waals surface area contributed by atoms with Gasteiger partial charge in [0.05, 0.1) is 5.56 Å². The monoisotopic (exact) mass is 413 g/mol. The van der Waals surface area contributed by atoms with E-state index in [1.807, 2.05) is 0 Å². The molecule has 3 nitrogen and oxygen atoms in total. The molecule has 1 aliphatic heterocycles. The standard InChI is InChI=1S/C23H15F4NO2/c24-20-4-2-1-3-15(20)13-30-17-8-5-14(6-9-17)11-19-18-10-7-16(23(25,26)27)12-21(18)28-22(19)29/h1-12H,13H2,(H,28,29)/b19-11+. The molecule has 1 N–H and O–H groups in total. The van der Waals surface area contributed by atoms with Crippen LogP contribution in [0.25, 0.3) is 11.6 Å². The molecule has 152 valence electrons. The van der Waals surface area contributed by atoms with Gasteiger partial charge in [0.25, 0.3) is 5.91 Å². The number of benzene rings is 3. The van der Waals surface area contributed by atoms with Crippen molar-refractivity contribution in [2.75, 3.05) is 5.32 Å². The molecule has 0 bridgehead atoms. The Balaban J connectivity index is 1.52. The average molecular weight is 413 g/mol. The van der Waals surface area contributed by atoms with Crippen molar-refractivity contribution in [2.24, 2.45) is 0 Å². The highest BCUT2D eigenvalue weighted by Crippen LogP contribution is 2.38. The lowest BCUT2D eigenvalue weighted by Crippen LogP contribution is -2.06. The third-order valence-corrected chi connectivity index (χ3v) is 4.67. The highest BCUT2D eigenvalue weighted by Gasteiger charge is 2.33. The molecule has 3 aromatic carbocycles. The maximum absolute atomic E-state index is 13.6. The molecule has 0 spiro atoms. The first kappa shape index (κ1) is 19.7. The second-order valence-electron chi connectivity index (χ2n) is 6.72. The molecule has 30 heavy (non-hydrogen) atoms. The van der Waals surface area contributed by atoms with Gasteiger partial charge in [-0.3, -0.25) is 4.79 Å². The van der Waals surface area contributed by atoms with Crippen molar-refractivity contribution in [3.05, 3.63) is 94.8 Å². The second kappa shape index (κ2) is 7.67. The zero-order chi connectivity index (χ0) is 21.3. The third kappa shape index (κ3) is 4.05. The van der Waals surface area contributed by atoms with E-state index in [2.05, 4.69) is 5.32 Å². The van der Waals surface area contributed by atoms with Gasteiger partial charge in [-0.2, -0.15) is 13.2 Å². The maximum atomic E-state index is 13.6. The summed E-state index contributed by atoms with van der Waals surface area (Å²) in [5.41, 5.74) is 1.10. The normalized spacial score (nSPS) is 14.5. The summed E-state index contributed by atoms with van der Waals surface area (Å²) in [5.74, 6) is -0.297. The number of hydrogen-bond acceptors (Lipinski definition) is 2. The Hall–Kier alpha value is -3.61.